The number of nitriles is 1. The van der Waals surface area contributed by atoms with Crippen molar-refractivity contribution in [2.75, 3.05) is 13.7 Å². The molecule has 4 nitrogen and oxygen atoms in total. The lowest BCUT2D eigenvalue weighted by molar-refractivity contribution is 0.406. The van der Waals surface area contributed by atoms with Gasteiger partial charge in [0.15, 0.2) is 11.3 Å². The van der Waals surface area contributed by atoms with Crippen LogP contribution in [0.2, 0.25) is 0 Å². The first-order chi connectivity index (χ1) is 8.74. The molecule has 1 atom stereocenters. The highest BCUT2D eigenvalue weighted by Gasteiger charge is 2.08. The van der Waals surface area contributed by atoms with E-state index in [-0.39, 0.29) is 5.92 Å². The van der Waals surface area contributed by atoms with Gasteiger partial charge in [0, 0.05) is 11.9 Å². The van der Waals surface area contributed by atoms with Crippen LogP contribution in [0.15, 0.2) is 28.7 Å². The predicted octanol–water partition coefficient (Wildman–Crippen LogP) is 2.69. The Bertz CT molecular complexity index is 569. The molecule has 1 aromatic carbocycles. The van der Waals surface area contributed by atoms with Crippen LogP contribution in [0.5, 0.6) is 5.75 Å². The number of rotatable bonds is 5. The first-order valence-corrected chi connectivity index (χ1v) is 5.90. The third-order valence-corrected chi connectivity index (χ3v) is 2.75. The maximum atomic E-state index is 8.68. The molecule has 1 heterocycles. The average molecular weight is 244 g/mol. The van der Waals surface area contributed by atoms with E-state index in [1.165, 1.54) is 0 Å². The van der Waals surface area contributed by atoms with E-state index in [0.29, 0.717) is 13.1 Å². The second-order valence-corrected chi connectivity index (χ2v) is 4.25. The highest BCUT2D eigenvalue weighted by atomic mass is 16.5. The maximum Gasteiger partial charge on any atom is 0.176 e. The van der Waals surface area contributed by atoms with Crippen LogP contribution in [0.1, 0.15) is 12.7 Å². The number of fused-ring (bicyclic) bond motifs is 1. The van der Waals surface area contributed by atoms with E-state index < -0.39 is 0 Å². The SMILES string of the molecule is COc1cccc2cc(CNCC(C)C#N)oc12. The van der Waals surface area contributed by atoms with E-state index >= 15 is 0 Å². The molecular weight excluding hydrogens is 228 g/mol. The molecule has 1 N–H and O–H groups in total. The Kier molecular flexibility index (Phi) is 3.85. The zero-order chi connectivity index (χ0) is 13.0. The number of nitrogens with one attached hydrogen (secondary N) is 1. The molecule has 2 aromatic rings. The van der Waals surface area contributed by atoms with Gasteiger partial charge < -0.3 is 14.5 Å². The van der Waals surface area contributed by atoms with Crippen LogP contribution in [0.3, 0.4) is 0 Å². The Morgan fingerprint density at radius 1 is 1.50 bits per heavy atom. The van der Waals surface area contributed by atoms with Crippen LogP contribution in [-0.4, -0.2) is 13.7 Å². The van der Waals surface area contributed by atoms with Crippen molar-refractivity contribution in [1.29, 1.82) is 5.26 Å². The molecule has 94 valence electrons. The number of nitrogens with zero attached hydrogens (tertiary/aromatic N) is 1. The molecule has 0 aliphatic carbocycles. The van der Waals surface area contributed by atoms with Gasteiger partial charge in [-0.15, -0.1) is 0 Å². The van der Waals surface area contributed by atoms with Gasteiger partial charge in [0.05, 0.1) is 25.6 Å². The van der Waals surface area contributed by atoms with Gasteiger partial charge in [0.1, 0.15) is 5.76 Å². The van der Waals surface area contributed by atoms with Crippen LogP contribution in [-0.2, 0) is 6.54 Å². The van der Waals surface area contributed by atoms with Crippen LogP contribution >= 0.6 is 0 Å². The molecule has 0 bridgehead atoms. The summed E-state index contributed by atoms with van der Waals surface area (Å²) in [4.78, 5) is 0. The molecule has 0 amide bonds. The van der Waals surface area contributed by atoms with Crippen molar-refractivity contribution in [1.82, 2.24) is 5.32 Å². The van der Waals surface area contributed by atoms with Gasteiger partial charge in [-0.1, -0.05) is 12.1 Å². The third-order valence-electron chi connectivity index (χ3n) is 2.75. The van der Waals surface area contributed by atoms with Gasteiger partial charge in [0.25, 0.3) is 0 Å². The zero-order valence-corrected chi connectivity index (χ0v) is 10.6. The predicted molar refractivity (Wildman–Crippen MR) is 69.2 cm³/mol. The van der Waals surface area contributed by atoms with Crippen LogP contribution in [0.25, 0.3) is 11.0 Å². The highest BCUT2D eigenvalue weighted by molar-refractivity contribution is 5.83. The molecule has 0 aliphatic heterocycles. The van der Waals surface area contributed by atoms with Crippen molar-refractivity contribution >= 4 is 11.0 Å². The number of hydrogen-bond acceptors (Lipinski definition) is 4. The van der Waals surface area contributed by atoms with Crippen molar-refractivity contribution < 1.29 is 9.15 Å². The van der Waals surface area contributed by atoms with E-state index in [1.54, 1.807) is 7.11 Å². The van der Waals surface area contributed by atoms with Crippen LogP contribution in [0.4, 0.5) is 0 Å². The van der Waals surface area contributed by atoms with E-state index in [1.807, 2.05) is 31.2 Å². The Morgan fingerprint density at radius 3 is 3.06 bits per heavy atom. The molecule has 0 spiro atoms. The highest BCUT2D eigenvalue weighted by Crippen LogP contribution is 2.28. The summed E-state index contributed by atoms with van der Waals surface area (Å²) >= 11 is 0. The Balaban J connectivity index is 2.09. The summed E-state index contributed by atoms with van der Waals surface area (Å²) < 4.78 is 11.0. The number of methoxy groups -OCH3 is 1. The fourth-order valence-corrected chi connectivity index (χ4v) is 1.80. The second kappa shape index (κ2) is 5.56. The van der Waals surface area contributed by atoms with Gasteiger partial charge in [-0.3, -0.25) is 0 Å². The standard InChI is InChI=1S/C14H16N2O2/c1-10(7-15)8-16-9-12-6-11-4-3-5-13(17-2)14(11)18-12/h3-6,10,16H,8-9H2,1-2H3. The lowest BCUT2D eigenvalue weighted by Gasteiger charge is -2.03. The largest absolute Gasteiger partial charge is 0.493 e. The monoisotopic (exact) mass is 244 g/mol. The molecule has 0 radical (unpaired) electrons. The van der Waals surface area contributed by atoms with E-state index in [4.69, 9.17) is 14.4 Å². The summed E-state index contributed by atoms with van der Waals surface area (Å²) in [7, 11) is 1.63. The minimum atomic E-state index is 0.00362. The molecular formula is C14H16N2O2. The first-order valence-electron chi connectivity index (χ1n) is 5.90. The zero-order valence-electron chi connectivity index (χ0n) is 10.6. The summed E-state index contributed by atoms with van der Waals surface area (Å²) in [5.41, 5.74) is 0.769. The lowest BCUT2D eigenvalue weighted by Crippen LogP contribution is -2.19. The van der Waals surface area contributed by atoms with Crippen molar-refractivity contribution in [2.24, 2.45) is 5.92 Å². The summed E-state index contributed by atoms with van der Waals surface area (Å²) in [6.45, 7) is 3.16. The fourth-order valence-electron chi connectivity index (χ4n) is 1.80. The molecule has 1 unspecified atom stereocenters. The lowest BCUT2D eigenvalue weighted by atomic mass is 10.2. The van der Waals surface area contributed by atoms with E-state index in [0.717, 1.165) is 22.5 Å². The van der Waals surface area contributed by atoms with Crippen molar-refractivity contribution in [3.8, 4) is 11.8 Å². The Labute approximate surface area is 106 Å². The number of hydrogen-bond donors (Lipinski definition) is 1. The number of ether oxygens (including phenoxy) is 1. The summed E-state index contributed by atoms with van der Waals surface area (Å²) in [5.74, 6) is 1.59. The van der Waals surface area contributed by atoms with Gasteiger partial charge in [-0.2, -0.15) is 5.26 Å². The second-order valence-electron chi connectivity index (χ2n) is 4.25. The normalized spacial score (nSPS) is 12.3. The van der Waals surface area contributed by atoms with Crippen molar-refractivity contribution in [3.63, 3.8) is 0 Å². The number of furan rings is 1. The number of benzene rings is 1. The van der Waals surface area contributed by atoms with Gasteiger partial charge in [-0.05, 0) is 19.1 Å². The van der Waals surface area contributed by atoms with Crippen LogP contribution < -0.4 is 10.1 Å². The van der Waals surface area contributed by atoms with Crippen molar-refractivity contribution in [2.45, 2.75) is 13.5 Å². The molecule has 18 heavy (non-hydrogen) atoms. The average Bonchev–Trinajstić information content (AvgIpc) is 2.80. The van der Waals surface area contributed by atoms with Gasteiger partial charge in [0.2, 0.25) is 0 Å². The van der Waals surface area contributed by atoms with Gasteiger partial charge in [-0.25, -0.2) is 0 Å². The summed E-state index contributed by atoms with van der Waals surface area (Å²) in [6.07, 6.45) is 0. The molecule has 4 heteroatoms. The van der Waals surface area contributed by atoms with Gasteiger partial charge >= 0.3 is 0 Å². The maximum absolute atomic E-state index is 8.68. The molecule has 0 aliphatic rings. The summed E-state index contributed by atoms with van der Waals surface area (Å²) in [5, 5.41) is 12.9. The van der Waals surface area contributed by atoms with Crippen molar-refractivity contribution in [3.05, 3.63) is 30.0 Å². The molecule has 0 saturated carbocycles. The fraction of sp³-hybridized carbons (Fsp3) is 0.357. The minimum Gasteiger partial charge on any atom is -0.493 e. The Morgan fingerprint density at radius 2 is 2.33 bits per heavy atom. The minimum absolute atomic E-state index is 0.00362. The molecule has 0 fully saturated rings. The number of para-hydroxylation sites is 1. The topological polar surface area (TPSA) is 58.2 Å². The third kappa shape index (κ3) is 2.63. The quantitative estimate of drug-likeness (QED) is 0.878. The molecule has 2 rings (SSSR count). The van der Waals surface area contributed by atoms with Crippen LogP contribution in [0, 0.1) is 17.2 Å². The van der Waals surface area contributed by atoms with E-state index in [2.05, 4.69) is 11.4 Å². The first kappa shape index (κ1) is 12.5. The summed E-state index contributed by atoms with van der Waals surface area (Å²) in [6, 6.07) is 9.97. The van der Waals surface area contributed by atoms with E-state index in [9.17, 15) is 0 Å². The Hall–Kier alpha value is -1.99. The molecule has 1 aromatic heterocycles. The molecule has 0 saturated heterocycles. The smallest absolute Gasteiger partial charge is 0.176 e.